The molecule has 0 N–H and O–H groups in total. The van der Waals surface area contributed by atoms with Gasteiger partial charge in [-0.15, -0.1) is 0 Å². The molecule has 6 nitrogen and oxygen atoms in total. The van der Waals surface area contributed by atoms with E-state index in [9.17, 15) is 4.79 Å². The van der Waals surface area contributed by atoms with Gasteiger partial charge in [0.2, 0.25) is 0 Å². The molecule has 2 aliphatic heterocycles. The van der Waals surface area contributed by atoms with Crippen molar-refractivity contribution in [1.82, 2.24) is 14.8 Å². The zero-order chi connectivity index (χ0) is 16.4. The fourth-order valence-corrected chi connectivity index (χ4v) is 3.61. The summed E-state index contributed by atoms with van der Waals surface area (Å²) in [6.45, 7) is 3.92. The summed E-state index contributed by atoms with van der Waals surface area (Å²) >= 11 is 0. The fraction of sp³-hybridized carbons (Fsp3) is 0.444. The number of amides is 1. The number of rotatable bonds is 3. The van der Waals surface area contributed by atoms with Gasteiger partial charge in [-0.05, 0) is 30.2 Å². The Balaban J connectivity index is 1.48. The van der Waals surface area contributed by atoms with Crippen LogP contribution in [-0.2, 0) is 11.3 Å². The van der Waals surface area contributed by atoms with E-state index in [1.54, 1.807) is 12.3 Å². The minimum absolute atomic E-state index is 0.0386. The van der Waals surface area contributed by atoms with E-state index in [0.29, 0.717) is 12.1 Å². The lowest BCUT2D eigenvalue weighted by molar-refractivity contribution is -0.101. The molecule has 2 saturated heterocycles. The van der Waals surface area contributed by atoms with Crippen LogP contribution in [0.4, 0.5) is 0 Å². The summed E-state index contributed by atoms with van der Waals surface area (Å²) in [6.07, 6.45) is 7.78. The molecule has 0 aliphatic carbocycles. The number of hydrogen-bond donors (Lipinski definition) is 0. The second-order valence-electron chi connectivity index (χ2n) is 6.35. The highest BCUT2D eigenvalue weighted by atomic mass is 16.5. The Morgan fingerprint density at radius 1 is 1.25 bits per heavy atom. The summed E-state index contributed by atoms with van der Waals surface area (Å²) in [4.78, 5) is 21.0. The van der Waals surface area contributed by atoms with E-state index in [-0.39, 0.29) is 18.1 Å². The van der Waals surface area contributed by atoms with Crippen LogP contribution in [-0.4, -0.2) is 59.1 Å². The van der Waals surface area contributed by atoms with Crippen molar-refractivity contribution in [3.63, 3.8) is 0 Å². The lowest BCUT2D eigenvalue weighted by Crippen LogP contribution is -2.60. The first-order valence-electron chi connectivity index (χ1n) is 8.37. The van der Waals surface area contributed by atoms with Gasteiger partial charge in [0.05, 0.1) is 30.6 Å². The monoisotopic (exact) mass is 327 g/mol. The smallest absolute Gasteiger partial charge is 0.257 e. The van der Waals surface area contributed by atoms with Crippen LogP contribution in [0.5, 0.6) is 0 Å². The third-order valence-electron chi connectivity index (χ3n) is 4.89. The van der Waals surface area contributed by atoms with Crippen LogP contribution < -0.4 is 0 Å². The van der Waals surface area contributed by atoms with Crippen molar-refractivity contribution >= 4 is 5.91 Å². The SMILES string of the molecule is O=C(c1ccoc1)N1CC[C@@H]2OCCN(Cc3ccncc3)[C@@H]2C1. The van der Waals surface area contributed by atoms with Crippen LogP contribution >= 0.6 is 0 Å². The third-order valence-corrected chi connectivity index (χ3v) is 4.89. The van der Waals surface area contributed by atoms with E-state index in [2.05, 4.69) is 9.88 Å². The van der Waals surface area contributed by atoms with Gasteiger partial charge in [-0.3, -0.25) is 14.7 Å². The number of carbonyl (C=O) groups excluding carboxylic acids is 1. The topological polar surface area (TPSA) is 58.8 Å². The number of ether oxygens (including phenoxy) is 1. The van der Waals surface area contributed by atoms with Crippen molar-refractivity contribution in [1.29, 1.82) is 0 Å². The number of aromatic nitrogens is 1. The number of carbonyl (C=O) groups is 1. The fourth-order valence-electron chi connectivity index (χ4n) is 3.61. The van der Waals surface area contributed by atoms with Gasteiger partial charge in [-0.2, -0.15) is 0 Å². The Labute approximate surface area is 141 Å². The van der Waals surface area contributed by atoms with E-state index >= 15 is 0 Å². The number of furan rings is 1. The van der Waals surface area contributed by atoms with E-state index in [1.165, 1.54) is 11.8 Å². The number of likely N-dealkylation sites (tertiary alicyclic amines) is 1. The van der Waals surface area contributed by atoms with Crippen LogP contribution in [0.1, 0.15) is 22.3 Å². The minimum Gasteiger partial charge on any atom is -0.472 e. The van der Waals surface area contributed by atoms with Crippen LogP contribution in [0.15, 0.2) is 47.5 Å². The van der Waals surface area contributed by atoms with Crippen LogP contribution in [0.3, 0.4) is 0 Å². The van der Waals surface area contributed by atoms with Gasteiger partial charge in [0.15, 0.2) is 0 Å². The molecule has 126 valence electrons. The lowest BCUT2D eigenvalue weighted by atomic mass is 9.97. The van der Waals surface area contributed by atoms with Gasteiger partial charge >= 0.3 is 0 Å². The molecule has 0 radical (unpaired) electrons. The maximum atomic E-state index is 12.6. The first-order chi connectivity index (χ1) is 11.8. The molecule has 0 bridgehead atoms. The number of morpholine rings is 1. The maximum Gasteiger partial charge on any atom is 0.257 e. The van der Waals surface area contributed by atoms with E-state index in [0.717, 1.165) is 32.7 Å². The van der Waals surface area contributed by atoms with E-state index in [4.69, 9.17) is 9.15 Å². The number of nitrogens with zero attached hydrogens (tertiary/aromatic N) is 3. The first kappa shape index (κ1) is 15.4. The predicted molar refractivity (Wildman–Crippen MR) is 87.4 cm³/mol. The standard InChI is InChI=1S/C18H21N3O3/c22-18(15-4-9-23-13-15)21-7-3-17-16(12-21)20(8-10-24-17)11-14-1-5-19-6-2-14/h1-2,4-6,9,13,16-17H,3,7-8,10-12H2/t16-,17+/m1/s1. The van der Waals surface area contributed by atoms with Crippen LogP contribution in [0.2, 0.25) is 0 Å². The number of piperidine rings is 1. The molecule has 1 amide bonds. The number of fused-ring (bicyclic) bond motifs is 1. The molecule has 24 heavy (non-hydrogen) atoms. The molecule has 0 spiro atoms. The first-order valence-corrected chi connectivity index (χ1v) is 8.37. The van der Waals surface area contributed by atoms with Crippen molar-refractivity contribution in [2.24, 2.45) is 0 Å². The predicted octanol–water partition coefficient (Wildman–Crippen LogP) is 1.79. The minimum atomic E-state index is 0.0386. The van der Waals surface area contributed by atoms with Crippen molar-refractivity contribution < 1.29 is 13.9 Å². The van der Waals surface area contributed by atoms with E-state index in [1.807, 2.05) is 29.4 Å². The molecule has 4 rings (SSSR count). The average molecular weight is 327 g/mol. The normalized spacial score (nSPS) is 24.6. The van der Waals surface area contributed by atoms with Crippen molar-refractivity contribution in [2.75, 3.05) is 26.2 Å². The summed E-state index contributed by atoms with van der Waals surface area (Å²) in [5.41, 5.74) is 1.86. The molecule has 2 aliphatic rings. The summed E-state index contributed by atoms with van der Waals surface area (Å²) in [6, 6.07) is 6.04. The number of hydrogen-bond acceptors (Lipinski definition) is 5. The molecule has 2 fully saturated rings. The van der Waals surface area contributed by atoms with Crippen molar-refractivity contribution in [3.8, 4) is 0 Å². The highest BCUT2D eigenvalue weighted by Gasteiger charge is 2.38. The van der Waals surface area contributed by atoms with Gasteiger partial charge in [0.1, 0.15) is 6.26 Å². The van der Waals surface area contributed by atoms with E-state index < -0.39 is 0 Å². The zero-order valence-corrected chi connectivity index (χ0v) is 13.5. The summed E-state index contributed by atoms with van der Waals surface area (Å²) < 4.78 is 11.0. The molecular weight excluding hydrogens is 306 g/mol. The van der Waals surface area contributed by atoms with Gasteiger partial charge in [-0.25, -0.2) is 0 Å². The van der Waals surface area contributed by atoms with Crippen molar-refractivity contribution in [2.45, 2.75) is 25.1 Å². The molecule has 2 aromatic rings. The maximum absolute atomic E-state index is 12.6. The summed E-state index contributed by atoms with van der Waals surface area (Å²) in [5.74, 6) is 0.0386. The van der Waals surface area contributed by atoms with Crippen LogP contribution in [0, 0.1) is 0 Å². The molecule has 0 saturated carbocycles. The second-order valence-corrected chi connectivity index (χ2v) is 6.35. The Morgan fingerprint density at radius 3 is 2.92 bits per heavy atom. The van der Waals surface area contributed by atoms with Gasteiger partial charge in [0.25, 0.3) is 5.91 Å². The Hall–Kier alpha value is -2.18. The molecule has 6 heteroatoms. The molecule has 2 aromatic heterocycles. The number of pyridine rings is 1. The van der Waals surface area contributed by atoms with Crippen molar-refractivity contribution in [3.05, 3.63) is 54.2 Å². The molecule has 0 unspecified atom stereocenters. The summed E-state index contributed by atoms with van der Waals surface area (Å²) in [5, 5.41) is 0. The van der Waals surface area contributed by atoms with Gasteiger partial charge < -0.3 is 14.1 Å². The molecule has 4 heterocycles. The summed E-state index contributed by atoms with van der Waals surface area (Å²) in [7, 11) is 0. The Kier molecular flexibility index (Phi) is 4.32. The second kappa shape index (κ2) is 6.75. The molecule has 2 atom stereocenters. The highest BCUT2D eigenvalue weighted by molar-refractivity contribution is 5.93. The highest BCUT2D eigenvalue weighted by Crippen LogP contribution is 2.25. The lowest BCUT2D eigenvalue weighted by Gasteiger charge is -2.47. The van der Waals surface area contributed by atoms with Gasteiger partial charge in [-0.1, -0.05) is 0 Å². The average Bonchev–Trinajstić information content (AvgIpc) is 3.17. The quantitative estimate of drug-likeness (QED) is 0.860. The Morgan fingerprint density at radius 2 is 2.12 bits per heavy atom. The zero-order valence-electron chi connectivity index (χ0n) is 13.5. The van der Waals surface area contributed by atoms with Gasteiger partial charge in [0, 0.05) is 38.6 Å². The molecule has 0 aromatic carbocycles. The molecular formula is C18H21N3O3. The largest absolute Gasteiger partial charge is 0.472 e. The third kappa shape index (κ3) is 3.07. The van der Waals surface area contributed by atoms with Crippen LogP contribution in [0.25, 0.3) is 0 Å². The Bertz CT molecular complexity index is 674.